The quantitative estimate of drug-likeness (QED) is 0.877. The van der Waals surface area contributed by atoms with Crippen LogP contribution in [0.5, 0.6) is 0 Å². The molecule has 0 aliphatic rings. The number of hydrogen-bond acceptors (Lipinski definition) is 3. The summed E-state index contributed by atoms with van der Waals surface area (Å²) in [6.45, 7) is 7.59. The molecule has 5 heteroatoms. The lowest BCUT2D eigenvalue weighted by Crippen LogP contribution is -2.46. The summed E-state index contributed by atoms with van der Waals surface area (Å²) in [5.41, 5.74) is 8.20. The van der Waals surface area contributed by atoms with Crippen LogP contribution in [0.3, 0.4) is 0 Å². The zero-order valence-electron chi connectivity index (χ0n) is 11.1. The molecule has 0 amide bonds. The fraction of sp³-hybridized carbons (Fsp3) is 0.750. The molecule has 0 radical (unpaired) electrons. The van der Waals surface area contributed by atoms with Crippen LogP contribution in [0.4, 0.5) is 0 Å². The maximum atomic E-state index is 6.35. The number of nitrogens with zero attached hydrogens (tertiary/aromatic N) is 2. The van der Waals surface area contributed by atoms with Crippen molar-refractivity contribution >= 4 is 15.9 Å². The van der Waals surface area contributed by atoms with E-state index in [1.54, 1.807) is 7.11 Å². The predicted octanol–water partition coefficient (Wildman–Crippen LogP) is 2.27. The van der Waals surface area contributed by atoms with Gasteiger partial charge in [0.25, 0.3) is 0 Å². The van der Waals surface area contributed by atoms with Gasteiger partial charge in [0, 0.05) is 25.6 Å². The number of ether oxygens (including phenoxy) is 1. The van der Waals surface area contributed by atoms with Gasteiger partial charge in [-0.2, -0.15) is 5.10 Å². The van der Waals surface area contributed by atoms with E-state index in [4.69, 9.17) is 10.5 Å². The molecule has 0 fully saturated rings. The largest absolute Gasteiger partial charge is 0.383 e. The van der Waals surface area contributed by atoms with Gasteiger partial charge in [-0.3, -0.25) is 4.68 Å². The van der Waals surface area contributed by atoms with E-state index in [0.29, 0.717) is 6.61 Å². The fourth-order valence-electron chi connectivity index (χ4n) is 1.94. The molecule has 1 heterocycles. The van der Waals surface area contributed by atoms with Gasteiger partial charge in [0.05, 0.1) is 22.5 Å². The molecular weight excluding hydrogens is 282 g/mol. The Hall–Kier alpha value is -0.390. The molecular formula is C12H22BrN3O. The van der Waals surface area contributed by atoms with Gasteiger partial charge in [-0.15, -0.1) is 0 Å². The van der Waals surface area contributed by atoms with E-state index in [0.717, 1.165) is 35.2 Å². The van der Waals surface area contributed by atoms with E-state index in [9.17, 15) is 0 Å². The number of methoxy groups -OCH3 is 1. The molecule has 0 aromatic carbocycles. The van der Waals surface area contributed by atoms with Crippen molar-refractivity contribution in [1.29, 1.82) is 0 Å². The van der Waals surface area contributed by atoms with E-state index >= 15 is 0 Å². The molecule has 0 saturated heterocycles. The number of aryl methyl sites for hydroxylation is 2. The number of rotatable bonds is 6. The Balaban J connectivity index is 3.00. The molecule has 0 bridgehead atoms. The van der Waals surface area contributed by atoms with Gasteiger partial charge in [-0.05, 0) is 36.2 Å². The summed E-state index contributed by atoms with van der Waals surface area (Å²) >= 11 is 3.60. The van der Waals surface area contributed by atoms with Gasteiger partial charge in [0.2, 0.25) is 0 Å². The average Bonchev–Trinajstić information content (AvgIpc) is 2.57. The molecule has 1 rings (SSSR count). The van der Waals surface area contributed by atoms with Crippen LogP contribution in [0.25, 0.3) is 0 Å². The summed E-state index contributed by atoms with van der Waals surface area (Å²) in [6.07, 6.45) is 1.65. The van der Waals surface area contributed by atoms with Crippen molar-refractivity contribution < 1.29 is 4.74 Å². The Morgan fingerprint density at radius 2 is 2.12 bits per heavy atom. The highest BCUT2D eigenvalue weighted by Crippen LogP contribution is 2.25. The summed E-state index contributed by atoms with van der Waals surface area (Å²) in [6, 6.07) is 0. The van der Waals surface area contributed by atoms with Crippen LogP contribution in [0.15, 0.2) is 4.47 Å². The predicted molar refractivity (Wildman–Crippen MR) is 73.1 cm³/mol. The lowest BCUT2D eigenvalue weighted by Gasteiger charge is -2.27. The second-order valence-electron chi connectivity index (χ2n) is 4.49. The van der Waals surface area contributed by atoms with Gasteiger partial charge < -0.3 is 10.5 Å². The topological polar surface area (TPSA) is 53.1 Å². The molecule has 4 nitrogen and oxygen atoms in total. The molecule has 0 aliphatic carbocycles. The fourth-order valence-corrected chi connectivity index (χ4v) is 2.36. The molecule has 98 valence electrons. The maximum absolute atomic E-state index is 6.35. The molecule has 17 heavy (non-hydrogen) atoms. The van der Waals surface area contributed by atoms with E-state index in [2.05, 4.69) is 34.9 Å². The smallest absolute Gasteiger partial charge is 0.0738 e. The Bertz CT molecular complexity index is 378. The van der Waals surface area contributed by atoms with E-state index < -0.39 is 0 Å². The highest BCUT2D eigenvalue weighted by molar-refractivity contribution is 9.10. The first kappa shape index (κ1) is 14.7. The lowest BCUT2D eigenvalue weighted by molar-refractivity contribution is 0.128. The van der Waals surface area contributed by atoms with E-state index in [1.165, 1.54) is 0 Å². The first-order valence-corrected chi connectivity index (χ1v) is 6.76. The van der Waals surface area contributed by atoms with Crippen LogP contribution in [0, 0.1) is 6.92 Å². The minimum atomic E-state index is -0.323. The second-order valence-corrected chi connectivity index (χ2v) is 5.28. The van der Waals surface area contributed by atoms with Gasteiger partial charge in [-0.25, -0.2) is 0 Å². The summed E-state index contributed by atoms with van der Waals surface area (Å²) in [7, 11) is 1.69. The first-order chi connectivity index (χ1) is 7.97. The van der Waals surface area contributed by atoms with Crippen molar-refractivity contribution in [3.63, 3.8) is 0 Å². The van der Waals surface area contributed by atoms with Crippen molar-refractivity contribution in [3.8, 4) is 0 Å². The number of aromatic nitrogens is 2. The zero-order chi connectivity index (χ0) is 13.1. The van der Waals surface area contributed by atoms with Crippen LogP contribution in [-0.2, 0) is 17.7 Å². The van der Waals surface area contributed by atoms with Crippen molar-refractivity contribution in [2.24, 2.45) is 5.73 Å². The zero-order valence-corrected chi connectivity index (χ0v) is 12.7. The summed E-state index contributed by atoms with van der Waals surface area (Å²) in [4.78, 5) is 0. The van der Waals surface area contributed by atoms with Crippen LogP contribution < -0.4 is 5.73 Å². The van der Waals surface area contributed by atoms with Gasteiger partial charge in [0.1, 0.15) is 0 Å². The van der Waals surface area contributed by atoms with Crippen LogP contribution >= 0.6 is 15.9 Å². The molecule has 0 saturated carbocycles. The highest BCUT2D eigenvalue weighted by Gasteiger charge is 2.27. The van der Waals surface area contributed by atoms with Crippen molar-refractivity contribution in [2.75, 3.05) is 13.7 Å². The second kappa shape index (κ2) is 5.98. The summed E-state index contributed by atoms with van der Waals surface area (Å²) in [5.74, 6) is 0. The van der Waals surface area contributed by atoms with Crippen LogP contribution in [-0.4, -0.2) is 29.0 Å². The van der Waals surface area contributed by atoms with Crippen molar-refractivity contribution in [3.05, 3.63) is 15.9 Å². The van der Waals surface area contributed by atoms with Crippen molar-refractivity contribution in [2.45, 2.75) is 45.7 Å². The summed E-state index contributed by atoms with van der Waals surface area (Å²) in [5, 5.41) is 4.48. The number of hydrogen-bond donors (Lipinski definition) is 1. The minimum absolute atomic E-state index is 0.323. The highest BCUT2D eigenvalue weighted by atomic mass is 79.9. The Kier molecular flexibility index (Phi) is 5.16. The Morgan fingerprint density at radius 1 is 1.47 bits per heavy atom. The third-order valence-corrected chi connectivity index (χ3v) is 4.14. The molecule has 1 unspecified atom stereocenters. The molecule has 1 aromatic heterocycles. The van der Waals surface area contributed by atoms with E-state index in [-0.39, 0.29) is 5.54 Å². The normalized spacial score (nSPS) is 14.9. The molecule has 0 aliphatic heterocycles. The van der Waals surface area contributed by atoms with Crippen molar-refractivity contribution in [1.82, 2.24) is 9.78 Å². The third-order valence-electron chi connectivity index (χ3n) is 3.11. The molecule has 0 spiro atoms. The minimum Gasteiger partial charge on any atom is -0.383 e. The maximum Gasteiger partial charge on any atom is 0.0738 e. The monoisotopic (exact) mass is 303 g/mol. The Labute approximate surface area is 112 Å². The SMILES string of the molecule is CCn1nc(C)c(Br)c1CC(N)(CC)COC. The summed E-state index contributed by atoms with van der Waals surface area (Å²) < 4.78 is 8.29. The third kappa shape index (κ3) is 3.30. The average molecular weight is 304 g/mol. The number of nitrogens with two attached hydrogens (primary N) is 1. The van der Waals surface area contributed by atoms with Crippen LogP contribution in [0.2, 0.25) is 0 Å². The van der Waals surface area contributed by atoms with Gasteiger partial charge >= 0.3 is 0 Å². The molecule has 2 N–H and O–H groups in total. The molecule has 1 aromatic rings. The van der Waals surface area contributed by atoms with Gasteiger partial charge in [-0.1, -0.05) is 6.92 Å². The van der Waals surface area contributed by atoms with Gasteiger partial charge in [0.15, 0.2) is 0 Å². The number of halogens is 1. The van der Waals surface area contributed by atoms with Crippen LogP contribution in [0.1, 0.15) is 31.7 Å². The standard InChI is InChI=1S/C12H22BrN3O/c1-5-12(14,8-17-4)7-10-11(13)9(3)15-16(10)6-2/h5-8,14H2,1-4H3. The lowest BCUT2D eigenvalue weighted by atomic mass is 9.92. The molecule has 1 atom stereocenters. The van der Waals surface area contributed by atoms with E-state index in [1.807, 2.05) is 11.6 Å². The first-order valence-electron chi connectivity index (χ1n) is 5.97. The Morgan fingerprint density at radius 3 is 2.59 bits per heavy atom.